The first-order valence-corrected chi connectivity index (χ1v) is 9.32. The van der Waals surface area contributed by atoms with E-state index in [9.17, 15) is 4.79 Å². The van der Waals surface area contributed by atoms with E-state index in [1.54, 1.807) is 45.5 Å². The van der Waals surface area contributed by atoms with Crippen LogP contribution in [0.2, 0.25) is 0 Å². The number of nitrogens with one attached hydrogen (secondary N) is 3. The lowest BCUT2D eigenvalue weighted by molar-refractivity contribution is 0.0954. The summed E-state index contributed by atoms with van der Waals surface area (Å²) in [5.74, 6) is 2.47. The molecule has 0 saturated carbocycles. The van der Waals surface area contributed by atoms with E-state index in [2.05, 4.69) is 20.9 Å². The minimum Gasteiger partial charge on any atom is -0.497 e. The zero-order valence-electron chi connectivity index (χ0n) is 17.7. The van der Waals surface area contributed by atoms with Gasteiger partial charge in [0.2, 0.25) is 0 Å². The molecule has 0 saturated heterocycles. The molecule has 2 rings (SSSR count). The van der Waals surface area contributed by atoms with E-state index >= 15 is 0 Å². The molecule has 0 atom stereocenters. The molecule has 0 spiro atoms. The van der Waals surface area contributed by atoms with Crippen molar-refractivity contribution in [3.63, 3.8) is 0 Å². The van der Waals surface area contributed by atoms with Crippen LogP contribution in [0.25, 0.3) is 0 Å². The Morgan fingerprint density at radius 2 is 1.67 bits per heavy atom. The Balaban J connectivity index is 0.00000450. The molecule has 2 aromatic carbocycles. The van der Waals surface area contributed by atoms with Crippen LogP contribution in [0.5, 0.6) is 17.2 Å². The maximum atomic E-state index is 12.2. The molecule has 0 fully saturated rings. The van der Waals surface area contributed by atoms with Crippen LogP contribution < -0.4 is 30.2 Å². The van der Waals surface area contributed by atoms with Crippen molar-refractivity contribution >= 4 is 41.5 Å². The van der Waals surface area contributed by atoms with Crippen molar-refractivity contribution in [2.45, 2.75) is 6.92 Å². The van der Waals surface area contributed by atoms with E-state index in [4.69, 9.17) is 14.2 Å². The fraction of sp³-hybridized carbons (Fsp3) is 0.333. The molecule has 0 aliphatic carbocycles. The van der Waals surface area contributed by atoms with E-state index < -0.39 is 0 Å². The molecule has 8 nitrogen and oxygen atoms in total. The quantitative estimate of drug-likeness (QED) is 0.201. The Kier molecular flexibility index (Phi) is 11.4. The van der Waals surface area contributed by atoms with Gasteiger partial charge in [0.05, 0.1) is 20.8 Å². The van der Waals surface area contributed by atoms with Crippen LogP contribution in [-0.2, 0) is 0 Å². The lowest BCUT2D eigenvalue weighted by Gasteiger charge is -2.15. The van der Waals surface area contributed by atoms with Crippen molar-refractivity contribution < 1.29 is 19.0 Å². The highest BCUT2D eigenvalue weighted by Gasteiger charge is 2.08. The first-order valence-electron chi connectivity index (χ1n) is 9.32. The number of nitrogens with zero attached hydrogens (tertiary/aromatic N) is 1. The summed E-state index contributed by atoms with van der Waals surface area (Å²) >= 11 is 0. The first kappa shape index (κ1) is 25.3. The van der Waals surface area contributed by atoms with Gasteiger partial charge in [0, 0.05) is 37.5 Å². The van der Waals surface area contributed by atoms with Crippen molar-refractivity contribution in [1.29, 1.82) is 0 Å². The topological polar surface area (TPSA) is 93.2 Å². The Labute approximate surface area is 194 Å². The van der Waals surface area contributed by atoms with Crippen LogP contribution >= 0.6 is 24.0 Å². The van der Waals surface area contributed by atoms with Gasteiger partial charge in [-0.2, -0.15) is 0 Å². The molecule has 3 N–H and O–H groups in total. The summed E-state index contributed by atoms with van der Waals surface area (Å²) in [5.41, 5.74) is 1.38. The second kappa shape index (κ2) is 13.5. The SMILES string of the molecule is CCOc1ccc(NC(=NC)NCCNC(=O)c2ccc(OC)cc2)cc1OC.I. The number of anilines is 1. The average molecular weight is 528 g/mol. The van der Waals surface area contributed by atoms with Gasteiger partial charge >= 0.3 is 0 Å². The summed E-state index contributed by atoms with van der Waals surface area (Å²) < 4.78 is 16.0. The average Bonchev–Trinajstić information content (AvgIpc) is 2.76. The lowest BCUT2D eigenvalue weighted by Crippen LogP contribution is -2.37. The first-order chi connectivity index (χ1) is 14.1. The molecule has 0 heterocycles. The van der Waals surface area contributed by atoms with Crippen LogP contribution in [0, 0.1) is 0 Å². The summed E-state index contributed by atoms with van der Waals surface area (Å²) in [6, 6.07) is 12.5. The third-order valence-corrected chi connectivity index (χ3v) is 4.01. The standard InChI is InChI=1S/C21H28N4O4.HI/c1-5-29-18-11-8-16(14-19(18)28-4)25-21(22-2)24-13-12-23-20(26)15-6-9-17(27-3)10-7-15;/h6-11,14H,5,12-13H2,1-4H3,(H,23,26)(H2,22,24,25);1H. The largest absolute Gasteiger partial charge is 0.497 e. The van der Waals surface area contributed by atoms with Gasteiger partial charge in [-0.15, -0.1) is 24.0 Å². The number of benzene rings is 2. The number of carbonyl (C=O) groups is 1. The van der Waals surface area contributed by atoms with E-state index in [1.165, 1.54) is 0 Å². The van der Waals surface area contributed by atoms with Crippen LogP contribution in [0.1, 0.15) is 17.3 Å². The van der Waals surface area contributed by atoms with Gasteiger partial charge in [0.1, 0.15) is 5.75 Å². The number of methoxy groups -OCH3 is 2. The van der Waals surface area contributed by atoms with Gasteiger partial charge in [-0.1, -0.05) is 0 Å². The monoisotopic (exact) mass is 528 g/mol. The molecule has 164 valence electrons. The highest BCUT2D eigenvalue weighted by Crippen LogP contribution is 2.30. The summed E-state index contributed by atoms with van der Waals surface area (Å²) in [6.07, 6.45) is 0. The fourth-order valence-corrected chi connectivity index (χ4v) is 2.54. The Bertz CT molecular complexity index is 828. The summed E-state index contributed by atoms with van der Waals surface area (Å²) in [6.45, 7) is 3.44. The number of carbonyl (C=O) groups excluding carboxylic acids is 1. The van der Waals surface area contributed by atoms with Gasteiger partial charge in [0.15, 0.2) is 17.5 Å². The number of guanidine groups is 1. The summed E-state index contributed by atoms with van der Waals surface area (Å²) in [5, 5.41) is 9.19. The maximum Gasteiger partial charge on any atom is 0.251 e. The molecular formula is C21H29IN4O4. The number of amides is 1. The molecule has 0 unspecified atom stereocenters. The van der Waals surface area contributed by atoms with Crippen LogP contribution in [0.3, 0.4) is 0 Å². The van der Waals surface area contributed by atoms with Crippen molar-refractivity contribution in [1.82, 2.24) is 10.6 Å². The molecule has 0 radical (unpaired) electrons. The minimum absolute atomic E-state index is 0. The fourth-order valence-electron chi connectivity index (χ4n) is 2.54. The zero-order chi connectivity index (χ0) is 21.1. The third kappa shape index (κ3) is 7.62. The maximum absolute atomic E-state index is 12.2. The molecule has 0 aliphatic heterocycles. The van der Waals surface area contributed by atoms with E-state index in [-0.39, 0.29) is 29.9 Å². The predicted octanol–water partition coefficient (Wildman–Crippen LogP) is 3.14. The Hall–Kier alpha value is -2.69. The lowest BCUT2D eigenvalue weighted by atomic mass is 10.2. The van der Waals surface area contributed by atoms with Gasteiger partial charge in [-0.3, -0.25) is 9.79 Å². The van der Waals surface area contributed by atoms with Gasteiger partial charge in [0.25, 0.3) is 5.91 Å². The van der Waals surface area contributed by atoms with Crippen molar-refractivity contribution in [3.05, 3.63) is 48.0 Å². The number of ether oxygens (including phenoxy) is 3. The Morgan fingerprint density at radius 3 is 2.27 bits per heavy atom. The molecule has 1 amide bonds. The number of aliphatic imine (C=N–C) groups is 1. The smallest absolute Gasteiger partial charge is 0.251 e. The molecule has 0 aromatic heterocycles. The molecule has 9 heteroatoms. The van der Waals surface area contributed by atoms with Crippen molar-refractivity contribution in [3.8, 4) is 17.2 Å². The zero-order valence-corrected chi connectivity index (χ0v) is 20.0. The highest BCUT2D eigenvalue weighted by molar-refractivity contribution is 14.0. The van der Waals surface area contributed by atoms with Gasteiger partial charge < -0.3 is 30.2 Å². The van der Waals surface area contributed by atoms with Gasteiger partial charge in [-0.25, -0.2) is 0 Å². The van der Waals surface area contributed by atoms with Crippen molar-refractivity contribution in [2.24, 2.45) is 4.99 Å². The van der Waals surface area contributed by atoms with Crippen molar-refractivity contribution in [2.75, 3.05) is 46.3 Å². The number of hydrogen-bond acceptors (Lipinski definition) is 5. The molecule has 30 heavy (non-hydrogen) atoms. The summed E-state index contributed by atoms with van der Waals surface area (Å²) in [4.78, 5) is 16.3. The third-order valence-electron chi connectivity index (χ3n) is 4.01. The predicted molar refractivity (Wildman–Crippen MR) is 130 cm³/mol. The normalized spacial score (nSPS) is 10.5. The second-order valence-electron chi connectivity index (χ2n) is 5.91. The van der Waals surface area contributed by atoms with E-state index in [1.807, 2.05) is 25.1 Å². The number of hydrogen-bond donors (Lipinski definition) is 3. The minimum atomic E-state index is -0.145. The summed E-state index contributed by atoms with van der Waals surface area (Å²) in [7, 11) is 4.86. The van der Waals surface area contributed by atoms with Crippen LogP contribution in [0.15, 0.2) is 47.5 Å². The number of halogens is 1. The van der Waals surface area contributed by atoms with Crippen LogP contribution in [-0.4, -0.2) is 52.8 Å². The molecule has 0 bridgehead atoms. The second-order valence-corrected chi connectivity index (χ2v) is 5.91. The highest BCUT2D eigenvalue weighted by atomic mass is 127. The number of rotatable bonds is 9. The van der Waals surface area contributed by atoms with Gasteiger partial charge in [-0.05, 0) is 43.3 Å². The van der Waals surface area contributed by atoms with Crippen LogP contribution in [0.4, 0.5) is 5.69 Å². The Morgan fingerprint density at radius 1 is 0.967 bits per heavy atom. The van der Waals surface area contributed by atoms with E-state index in [0.717, 1.165) is 5.69 Å². The molecule has 2 aromatic rings. The molecule has 0 aliphatic rings. The molecular weight excluding hydrogens is 499 g/mol. The van der Waals surface area contributed by atoms with E-state index in [0.29, 0.717) is 48.5 Å².